The largest absolute Gasteiger partial charge is 0.493 e. The molecule has 0 bridgehead atoms. The van der Waals surface area contributed by atoms with Crippen LogP contribution in [0.5, 0.6) is 17.2 Å². The Morgan fingerprint density at radius 2 is 1.69 bits per heavy atom. The average Bonchev–Trinajstić information content (AvgIpc) is 2.96. The van der Waals surface area contributed by atoms with Gasteiger partial charge in [-0.1, -0.05) is 0 Å². The molecule has 0 saturated carbocycles. The third-order valence-corrected chi connectivity index (χ3v) is 5.16. The van der Waals surface area contributed by atoms with Gasteiger partial charge >= 0.3 is 17.8 Å². The number of ether oxygens (including phenoxy) is 5. The number of nitrogens with one attached hydrogen (secondary N) is 1. The van der Waals surface area contributed by atoms with Gasteiger partial charge in [0.1, 0.15) is 0 Å². The van der Waals surface area contributed by atoms with Gasteiger partial charge in [-0.15, -0.1) is 0 Å². The number of hydrogen-bond donors (Lipinski definition) is 2. The first-order valence-corrected chi connectivity index (χ1v) is 9.17. The van der Waals surface area contributed by atoms with E-state index in [-0.39, 0.29) is 19.5 Å². The summed E-state index contributed by atoms with van der Waals surface area (Å²) in [5.74, 6) is -2.42. The second kappa shape index (κ2) is 8.05. The monoisotopic (exact) mass is 410 g/mol. The number of benzene rings is 1. The Hall–Kier alpha value is -2.56. The van der Waals surface area contributed by atoms with E-state index in [4.69, 9.17) is 23.7 Å². The van der Waals surface area contributed by atoms with Crippen molar-refractivity contribution in [3.05, 3.63) is 17.7 Å². The first kappa shape index (κ1) is 21.2. The summed E-state index contributed by atoms with van der Waals surface area (Å²) in [6.07, 6.45) is 0.331. The normalized spacial score (nSPS) is 23.6. The van der Waals surface area contributed by atoms with E-state index in [2.05, 4.69) is 5.32 Å². The molecule has 10 nitrogen and oxygen atoms in total. The van der Waals surface area contributed by atoms with Crippen molar-refractivity contribution in [1.29, 1.82) is 0 Å². The van der Waals surface area contributed by atoms with Gasteiger partial charge in [0.05, 0.1) is 33.4 Å². The lowest BCUT2D eigenvalue weighted by Crippen LogP contribution is -2.62. The van der Waals surface area contributed by atoms with E-state index in [1.165, 1.54) is 21.3 Å². The Balaban J connectivity index is 1.93. The number of methoxy groups -OCH3 is 3. The highest BCUT2D eigenvalue weighted by atomic mass is 16.8. The summed E-state index contributed by atoms with van der Waals surface area (Å²) in [7, 11) is 6.25. The van der Waals surface area contributed by atoms with Gasteiger partial charge < -0.3 is 34.1 Å². The van der Waals surface area contributed by atoms with Crippen LogP contribution in [0.25, 0.3) is 0 Å². The van der Waals surface area contributed by atoms with Gasteiger partial charge in [0, 0.05) is 19.6 Å². The molecule has 3 rings (SSSR count). The fourth-order valence-electron chi connectivity index (χ4n) is 3.85. The molecule has 0 amide bonds. The molecular weight excluding hydrogens is 384 g/mol. The SMILES string of the molecule is CNCC1(O)CCN(Cc2cc(OC)c(OC)c(OC)c2)C2(C1)OC(=O)C(=O)O2. The zero-order valence-electron chi connectivity index (χ0n) is 16.9. The fourth-order valence-corrected chi connectivity index (χ4v) is 3.85. The minimum absolute atomic E-state index is 0.0667. The van der Waals surface area contributed by atoms with Gasteiger partial charge in [-0.05, 0) is 31.2 Å². The summed E-state index contributed by atoms with van der Waals surface area (Å²) in [5.41, 5.74) is -0.428. The number of aliphatic hydroxyl groups is 1. The highest BCUT2D eigenvalue weighted by Gasteiger charge is 2.59. The van der Waals surface area contributed by atoms with Crippen LogP contribution in [0.2, 0.25) is 0 Å². The number of nitrogens with zero attached hydrogens (tertiary/aromatic N) is 1. The summed E-state index contributed by atoms with van der Waals surface area (Å²) < 4.78 is 26.8. The lowest BCUT2D eigenvalue weighted by atomic mass is 9.88. The predicted molar refractivity (Wildman–Crippen MR) is 99.5 cm³/mol. The molecule has 1 spiro atoms. The molecule has 2 saturated heterocycles. The van der Waals surface area contributed by atoms with Gasteiger partial charge in [-0.25, -0.2) is 14.5 Å². The summed E-state index contributed by atoms with van der Waals surface area (Å²) in [6.45, 7) is 0.851. The van der Waals surface area contributed by atoms with Crippen molar-refractivity contribution in [2.75, 3.05) is 41.5 Å². The zero-order valence-corrected chi connectivity index (χ0v) is 16.9. The molecule has 2 fully saturated rings. The quantitative estimate of drug-likeness (QED) is 0.470. The Morgan fingerprint density at radius 3 is 2.17 bits per heavy atom. The number of likely N-dealkylation sites (tertiary alicyclic amines) is 1. The van der Waals surface area contributed by atoms with Gasteiger partial charge in [0.15, 0.2) is 11.5 Å². The summed E-state index contributed by atoms with van der Waals surface area (Å²) in [4.78, 5) is 25.4. The van der Waals surface area contributed by atoms with Crippen LogP contribution in [0.4, 0.5) is 0 Å². The van der Waals surface area contributed by atoms with E-state index in [1.54, 1.807) is 24.1 Å². The van der Waals surface area contributed by atoms with Crippen LogP contribution in [-0.2, 0) is 25.6 Å². The van der Waals surface area contributed by atoms with E-state index >= 15 is 0 Å². The number of hydrogen-bond acceptors (Lipinski definition) is 10. The lowest BCUT2D eigenvalue weighted by Gasteiger charge is -2.47. The van der Waals surface area contributed by atoms with Gasteiger partial charge in [0.25, 0.3) is 0 Å². The number of rotatable bonds is 7. The first-order valence-electron chi connectivity index (χ1n) is 9.17. The molecule has 2 aliphatic heterocycles. The molecule has 29 heavy (non-hydrogen) atoms. The van der Waals surface area contributed by atoms with Crippen LogP contribution in [-0.4, -0.2) is 74.9 Å². The van der Waals surface area contributed by atoms with Crippen LogP contribution in [0, 0.1) is 0 Å². The zero-order chi connectivity index (χ0) is 21.2. The smallest absolute Gasteiger partial charge is 0.421 e. The molecular formula is C19H26N2O8. The number of carbonyl (C=O) groups excluding carboxylic acids is 2. The topological polar surface area (TPSA) is 116 Å². The average molecular weight is 410 g/mol. The highest BCUT2D eigenvalue weighted by molar-refractivity contribution is 6.31. The first-order chi connectivity index (χ1) is 13.8. The molecule has 0 radical (unpaired) electrons. The number of carbonyl (C=O) groups is 2. The molecule has 1 unspecified atom stereocenters. The van der Waals surface area contributed by atoms with Crippen molar-refractivity contribution in [3.8, 4) is 17.2 Å². The molecule has 10 heteroatoms. The fraction of sp³-hybridized carbons (Fsp3) is 0.579. The molecule has 2 aliphatic rings. The molecule has 0 aliphatic carbocycles. The second-order valence-electron chi connectivity index (χ2n) is 7.13. The number of piperidine rings is 1. The number of likely N-dealkylation sites (N-methyl/N-ethyl adjacent to an activating group) is 1. The molecule has 2 N–H and O–H groups in total. The minimum atomic E-state index is -1.67. The maximum absolute atomic E-state index is 11.8. The molecule has 1 atom stereocenters. The van der Waals surface area contributed by atoms with Gasteiger partial charge in [-0.3, -0.25) is 0 Å². The summed E-state index contributed by atoms with van der Waals surface area (Å²) in [5, 5.41) is 13.8. The van der Waals surface area contributed by atoms with Gasteiger partial charge in [0.2, 0.25) is 5.75 Å². The van der Waals surface area contributed by atoms with Crippen molar-refractivity contribution < 1.29 is 38.4 Å². The third kappa shape index (κ3) is 3.96. The van der Waals surface area contributed by atoms with Crippen molar-refractivity contribution in [3.63, 3.8) is 0 Å². The standard InChI is InChI=1S/C19H26N2O8/c1-20-11-18(24)5-6-21(19(10-18)28-16(22)17(23)29-19)9-12-7-13(25-2)15(27-4)14(8-12)26-3/h7-8,20,24H,5-6,9-11H2,1-4H3. The Bertz CT molecular complexity index is 757. The maximum atomic E-state index is 11.8. The van der Waals surface area contributed by atoms with Crippen LogP contribution >= 0.6 is 0 Å². The van der Waals surface area contributed by atoms with Crippen LogP contribution < -0.4 is 19.5 Å². The van der Waals surface area contributed by atoms with E-state index in [0.717, 1.165) is 5.56 Å². The van der Waals surface area contributed by atoms with Crippen molar-refractivity contribution >= 4 is 11.9 Å². The Kier molecular flexibility index (Phi) is 5.87. The van der Waals surface area contributed by atoms with Gasteiger partial charge in [-0.2, -0.15) is 0 Å². The van der Waals surface area contributed by atoms with E-state index in [1.807, 2.05) is 0 Å². The van der Waals surface area contributed by atoms with Crippen LogP contribution in [0.1, 0.15) is 18.4 Å². The molecule has 2 heterocycles. The van der Waals surface area contributed by atoms with Crippen LogP contribution in [0.3, 0.4) is 0 Å². The molecule has 1 aromatic carbocycles. The number of esters is 2. The molecule has 0 aromatic heterocycles. The van der Waals surface area contributed by atoms with E-state index in [9.17, 15) is 14.7 Å². The van der Waals surface area contributed by atoms with E-state index < -0.39 is 23.5 Å². The predicted octanol–water partition coefficient (Wildman–Crippen LogP) is 0.0125. The van der Waals surface area contributed by atoms with Crippen LogP contribution in [0.15, 0.2) is 12.1 Å². The molecule has 160 valence electrons. The molecule has 1 aromatic rings. The van der Waals surface area contributed by atoms with E-state index in [0.29, 0.717) is 30.2 Å². The Labute approximate surface area is 168 Å². The third-order valence-electron chi connectivity index (χ3n) is 5.16. The minimum Gasteiger partial charge on any atom is -0.493 e. The summed E-state index contributed by atoms with van der Waals surface area (Å²) >= 11 is 0. The van der Waals surface area contributed by atoms with Crippen molar-refractivity contribution in [2.45, 2.75) is 30.9 Å². The van der Waals surface area contributed by atoms with Crippen molar-refractivity contribution in [2.24, 2.45) is 0 Å². The highest BCUT2D eigenvalue weighted by Crippen LogP contribution is 2.42. The lowest BCUT2D eigenvalue weighted by molar-refractivity contribution is -0.293. The maximum Gasteiger partial charge on any atom is 0.421 e. The second-order valence-corrected chi connectivity index (χ2v) is 7.13. The Morgan fingerprint density at radius 1 is 1.10 bits per heavy atom. The van der Waals surface area contributed by atoms with Crippen molar-refractivity contribution in [1.82, 2.24) is 10.2 Å². The summed E-state index contributed by atoms with van der Waals surface area (Å²) in [6, 6.07) is 3.53.